The Balaban J connectivity index is 2.77. The molecule has 1 amide bonds. The number of hydrogen-bond acceptors (Lipinski definition) is 6. The van der Waals surface area contributed by atoms with Crippen LogP contribution in [-0.4, -0.2) is 56.6 Å². The van der Waals surface area contributed by atoms with Crippen LogP contribution in [0.25, 0.3) is 0 Å². The summed E-state index contributed by atoms with van der Waals surface area (Å²) in [6.45, 7) is 0. The SMILES string of the molecule is NC(=O)CCC(NS(=O)(=O)C1CCS(=O)(=O)C1)C(=O)O. The smallest absolute Gasteiger partial charge is 0.321 e. The van der Waals surface area contributed by atoms with E-state index in [2.05, 4.69) is 0 Å². The largest absolute Gasteiger partial charge is 0.480 e. The van der Waals surface area contributed by atoms with Crippen LogP contribution in [0.3, 0.4) is 0 Å². The fraction of sp³-hybridized carbons (Fsp3) is 0.778. The summed E-state index contributed by atoms with van der Waals surface area (Å²) in [5.74, 6) is -2.96. The number of carbonyl (C=O) groups excluding carboxylic acids is 1. The first-order valence-corrected chi connectivity index (χ1v) is 9.13. The summed E-state index contributed by atoms with van der Waals surface area (Å²) in [6.07, 6.45) is -0.647. The molecule has 0 bridgehead atoms. The molecule has 0 spiro atoms. The van der Waals surface area contributed by atoms with Crippen LogP contribution in [0.4, 0.5) is 0 Å². The van der Waals surface area contributed by atoms with Gasteiger partial charge in [-0.2, -0.15) is 0 Å². The van der Waals surface area contributed by atoms with E-state index < -0.39 is 48.8 Å². The molecule has 2 unspecified atom stereocenters. The number of nitrogens with one attached hydrogen (secondary N) is 1. The Labute approximate surface area is 116 Å². The molecule has 0 aliphatic carbocycles. The second-order valence-electron chi connectivity index (χ2n) is 4.58. The second-order valence-corrected chi connectivity index (χ2v) is 8.80. The van der Waals surface area contributed by atoms with Crippen molar-refractivity contribution in [1.82, 2.24) is 4.72 Å². The third-order valence-electron chi connectivity index (χ3n) is 2.91. The number of rotatable bonds is 7. The van der Waals surface area contributed by atoms with Crippen molar-refractivity contribution in [2.75, 3.05) is 11.5 Å². The van der Waals surface area contributed by atoms with Crippen LogP contribution >= 0.6 is 0 Å². The number of nitrogens with two attached hydrogens (primary N) is 1. The van der Waals surface area contributed by atoms with Crippen molar-refractivity contribution in [3.05, 3.63) is 0 Å². The highest BCUT2D eigenvalue weighted by Crippen LogP contribution is 2.19. The molecule has 11 heteroatoms. The molecule has 1 heterocycles. The van der Waals surface area contributed by atoms with E-state index in [1.165, 1.54) is 0 Å². The van der Waals surface area contributed by atoms with E-state index in [0.717, 1.165) is 0 Å². The van der Waals surface area contributed by atoms with Gasteiger partial charge in [0, 0.05) is 6.42 Å². The molecule has 0 aromatic rings. The van der Waals surface area contributed by atoms with Crippen LogP contribution < -0.4 is 10.5 Å². The lowest BCUT2D eigenvalue weighted by Gasteiger charge is -2.17. The Kier molecular flexibility index (Phi) is 5.10. The van der Waals surface area contributed by atoms with Gasteiger partial charge < -0.3 is 10.8 Å². The molecule has 1 aliphatic rings. The standard InChI is InChI=1S/C9H16N2O7S2/c10-8(12)2-1-7(9(13)14)11-20(17,18)6-3-4-19(15,16)5-6/h6-7,11H,1-5H2,(H2,10,12)(H,13,14). The highest BCUT2D eigenvalue weighted by atomic mass is 32.2. The molecule has 9 nitrogen and oxygen atoms in total. The van der Waals surface area contributed by atoms with Gasteiger partial charge in [0.1, 0.15) is 6.04 Å². The predicted octanol–water partition coefficient (Wildman–Crippen LogP) is -2.19. The Morgan fingerprint density at radius 1 is 1.40 bits per heavy atom. The van der Waals surface area contributed by atoms with Crippen molar-refractivity contribution in [2.24, 2.45) is 5.73 Å². The number of carboxylic acids is 1. The normalized spacial score (nSPS) is 23.3. The van der Waals surface area contributed by atoms with Gasteiger partial charge in [0.2, 0.25) is 15.9 Å². The Hall–Kier alpha value is -1.20. The minimum atomic E-state index is -4.09. The van der Waals surface area contributed by atoms with Crippen molar-refractivity contribution in [3.63, 3.8) is 0 Å². The van der Waals surface area contributed by atoms with Gasteiger partial charge in [-0.1, -0.05) is 0 Å². The van der Waals surface area contributed by atoms with Gasteiger partial charge in [0.15, 0.2) is 9.84 Å². The molecule has 116 valence electrons. The number of carboxylic acid groups (broad SMARTS) is 1. The van der Waals surface area contributed by atoms with Crippen LogP contribution in [0.1, 0.15) is 19.3 Å². The zero-order valence-corrected chi connectivity index (χ0v) is 12.1. The van der Waals surface area contributed by atoms with E-state index in [1.807, 2.05) is 4.72 Å². The number of sulfone groups is 1. The Morgan fingerprint density at radius 2 is 2.00 bits per heavy atom. The summed E-state index contributed by atoms with van der Waals surface area (Å²) in [6, 6.07) is -1.50. The molecule has 2 atom stereocenters. The van der Waals surface area contributed by atoms with Gasteiger partial charge in [-0.05, 0) is 12.8 Å². The molecular weight excluding hydrogens is 312 g/mol. The molecule has 1 fully saturated rings. The molecule has 1 rings (SSSR count). The third kappa shape index (κ3) is 4.72. The molecule has 20 heavy (non-hydrogen) atoms. The lowest BCUT2D eigenvalue weighted by Crippen LogP contribution is -2.45. The fourth-order valence-electron chi connectivity index (χ4n) is 1.82. The average Bonchev–Trinajstić information content (AvgIpc) is 2.65. The Morgan fingerprint density at radius 3 is 2.40 bits per heavy atom. The predicted molar refractivity (Wildman–Crippen MR) is 69.0 cm³/mol. The molecular formula is C9H16N2O7S2. The van der Waals surface area contributed by atoms with E-state index in [1.54, 1.807) is 0 Å². The summed E-state index contributed by atoms with van der Waals surface area (Å²) < 4.78 is 48.3. The van der Waals surface area contributed by atoms with Gasteiger partial charge >= 0.3 is 5.97 Å². The summed E-state index contributed by atoms with van der Waals surface area (Å²) in [4.78, 5) is 21.5. The van der Waals surface area contributed by atoms with E-state index in [4.69, 9.17) is 10.8 Å². The number of sulfonamides is 1. The zero-order valence-electron chi connectivity index (χ0n) is 10.5. The maximum absolute atomic E-state index is 11.9. The highest BCUT2D eigenvalue weighted by Gasteiger charge is 2.39. The number of carbonyl (C=O) groups is 2. The molecule has 0 radical (unpaired) electrons. The zero-order chi connectivity index (χ0) is 15.6. The fourth-order valence-corrected chi connectivity index (χ4v) is 6.09. The first-order valence-electron chi connectivity index (χ1n) is 5.76. The summed E-state index contributed by atoms with van der Waals surface area (Å²) in [5.41, 5.74) is 4.87. The van der Waals surface area contributed by atoms with Gasteiger partial charge in [-0.3, -0.25) is 9.59 Å². The number of primary amides is 1. The third-order valence-corrected chi connectivity index (χ3v) is 6.79. The summed E-state index contributed by atoms with van der Waals surface area (Å²) in [7, 11) is -7.49. The molecule has 1 aliphatic heterocycles. The number of amides is 1. The lowest BCUT2D eigenvalue weighted by molar-refractivity contribution is -0.139. The van der Waals surface area contributed by atoms with Crippen molar-refractivity contribution < 1.29 is 31.5 Å². The first-order chi connectivity index (χ1) is 9.03. The van der Waals surface area contributed by atoms with Crippen LogP contribution in [0.15, 0.2) is 0 Å². The maximum Gasteiger partial charge on any atom is 0.321 e. The average molecular weight is 328 g/mol. The van der Waals surface area contributed by atoms with E-state index in [0.29, 0.717) is 0 Å². The summed E-state index contributed by atoms with van der Waals surface area (Å²) in [5, 5.41) is 7.73. The van der Waals surface area contributed by atoms with Crippen molar-refractivity contribution in [2.45, 2.75) is 30.6 Å². The number of hydrogen-bond donors (Lipinski definition) is 3. The van der Waals surface area contributed by atoms with Crippen molar-refractivity contribution >= 4 is 31.7 Å². The maximum atomic E-state index is 11.9. The van der Waals surface area contributed by atoms with Gasteiger partial charge in [-0.15, -0.1) is 0 Å². The Bertz CT molecular complexity index is 596. The molecule has 1 saturated heterocycles. The minimum Gasteiger partial charge on any atom is -0.480 e. The first kappa shape index (κ1) is 16.9. The van der Waals surface area contributed by atoms with Crippen LogP contribution in [0.2, 0.25) is 0 Å². The van der Waals surface area contributed by atoms with E-state index >= 15 is 0 Å². The van der Waals surface area contributed by atoms with Gasteiger partial charge in [0.05, 0.1) is 16.8 Å². The quantitative estimate of drug-likeness (QED) is 0.478. The second kappa shape index (κ2) is 6.06. The van der Waals surface area contributed by atoms with Gasteiger partial charge in [0.25, 0.3) is 0 Å². The minimum absolute atomic E-state index is 0.0696. The molecule has 0 aromatic carbocycles. The van der Waals surface area contributed by atoms with Crippen LogP contribution in [0.5, 0.6) is 0 Å². The lowest BCUT2D eigenvalue weighted by atomic mass is 10.2. The highest BCUT2D eigenvalue weighted by molar-refractivity contribution is 7.95. The van der Waals surface area contributed by atoms with Crippen LogP contribution in [0, 0.1) is 0 Å². The topological polar surface area (TPSA) is 161 Å². The van der Waals surface area contributed by atoms with Gasteiger partial charge in [-0.25, -0.2) is 21.6 Å². The molecule has 0 saturated carbocycles. The van der Waals surface area contributed by atoms with Crippen molar-refractivity contribution in [3.8, 4) is 0 Å². The van der Waals surface area contributed by atoms with E-state index in [-0.39, 0.29) is 25.0 Å². The molecule has 0 aromatic heterocycles. The monoisotopic (exact) mass is 328 g/mol. The van der Waals surface area contributed by atoms with E-state index in [9.17, 15) is 26.4 Å². The molecule has 4 N–H and O–H groups in total. The summed E-state index contributed by atoms with van der Waals surface area (Å²) >= 11 is 0. The van der Waals surface area contributed by atoms with Crippen LogP contribution in [-0.2, 0) is 29.4 Å². The van der Waals surface area contributed by atoms with Crippen molar-refractivity contribution in [1.29, 1.82) is 0 Å². The number of aliphatic carboxylic acids is 1.